The zero-order chi connectivity index (χ0) is 19.4. The number of piperidine rings is 1. The first-order valence-corrected chi connectivity index (χ1v) is 9.06. The molecule has 2 aromatic carbocycles. The molecule has 1 atom stereocenters. The number of halogens is 1. The molecule has 1 unspecified atom stereocenters. The number of nitrogens with zero attached hydrogens (tertiary/aromatic N) is 1. The Labute approximate surface area is 159 Å². The molecule has 0 radical (unpaired) electrons. The van der Waals surface area contributed by atoms with E-state index in [0.29, 0.717) is 23.6 Å². The molecule has 0 aliphatic carbocycles. The summed E-state index contributed by atoms with van der Waals surface area (Å²) in [6.45, 7) is 3.48. The first kappa shape index (κ1) is 19.0. The number of amides is 1. The van der Waals surface area contributed by atoms with E-state index >= 15 is 0 Å². The Hall–Kier alpha value is -2.76. The van der Waals surface area contributed by atoms with Crippen LogP contribution in [0, 0.1) is 12.7 Å². The Morgan fingerprint density at radius 3 is 2.74 bits per heavy atom. The smallest absolute Gasteiger partial charge is 0.255 e. The summed E-state index contributed by atoms with van der Waals surface area (Å²) in [6.07, 6.45) is 1.85. The molecule has 27 heavy (non-hydrogen) atoms. The molecule has 3 rings (SSSR count). The van der Waals surface area contributed by atoms with Crippen LogP contribution < -0.4 is 19.7 Å². The van der Waals surface area contributed by atoms with Crippen molar-refractivity contribution in [2.75, 3.05) is 32.2 Å². The van der Waals surface area contributed by atoms with Crippen molar-refractivity contribution in [1.29, 1.82) is 0 Å². The number of methoxy groups -OCH3 is 2. The summed E-state index contributed by atoms with van der Waals surface area (Å²) in [7, 11) is 3.07. The number of aryl methyl sites for hydroxylation is 1. The van der Waals surface area contributed by atoms with Crippen LogP contribution in [0.3, 0.4) is 0 Å². The monoisotopic (exact) mass is 372 g/mol. The number of rotatable bonds is 5. The summed E-state index contributed by atoms with van der Waals surface area (Å²) in [5.41, 5.74) is 2.36. The van der Waals surface area contributed by atoms with Crippen LogP contribution in [-0.2, 0) is 0 Å². The summed E-state index contributed by atoms with van der Waals surface area (Å²) < 4.78 is 24.0. The van der Waals surface area contributed by atoms with Gasteiger partial charge in [0, 0.05) is 24.8 Å². The minimum atomic E-state index is -0.233. The quantitative estimate of drug-likeness (QED) is 0.872. The largest absolute Gasteiger partial charge is 0.493 e. The standard InChI is InChI=1S/C21H25FN2O3/c1-14-12-15(22)9-10-18(14)24-11-5-6-16(13-24)23-21(25)17-7-4-8-19(26-2)20(17)27-3/h4,7-10,12,16H,5-6,11,13H2,1-3H3,(H,23,25). The second-order valence-corrected chi connectivity index (χ2v) is 6.73. The van der Waals surface area contributed by atoms with E-state index in [2.05, 4.69) is 10.2 Å². The Kier molecular flexibility index (Phi) is 5.84. The third kappa shape index (κ3) is 4.15. The van der Waals surface area contributed by atoms with Gasteiger partial charge in [0.1, 0.15) is 5.82 Å². The van der Waals surface area contributed by atoms with Crippen molar-refractivity contribution >= 4 is 11.6 Å². The zero-order valence-electron chi connectivity index (χ0n) is 15.9. The highest BCUT2D eigenvalue weighted by atomic mass is 19.1. The maximum Gasteiger partial charge on any atom is 0.255 e. The molecule has 1 fully saturated rings. The van der Waals surface area contributed by atoms with Gasteiger partial charge in [0.05, 0.1) is 19.8 Å². The maximum atomic E-state index is 13.4. The molecule has 1 heterocycles. The molecular formula is C21H25FN2O3. The fraction of sp³-hybridized carbons (Fsp3) is 0.381. The van der Waals surface area contributed by atoms with Crippen molar-refractivity contribution in [3.63, 3.8) is 0 Å². The van der Waals surface area contributed by atoms with E-state index < -0.39 is 0 Å². The molecule has 0 bridgehead atoms. The Morgan fingerprint density at radius 2 is 2.04 bits per heavy atom. The lowest BCUT2D eigenvalue weighted by atomic mass is 10.0. The van der Waals surface area contributed by atoms with E-state index in [0.717, 1.165) is 30.6 Å². The van der Waals surface area contributed by atoms with Crippen molar-refractivity contribution in [2.24, 2.45) is 0 Å². The Morgan fingerprint density at radius 1 is 1.22 bits per heavy atom. The molecule has 1 amide bonds. The zero-order valence-corrected chi connectivity index (χ0v) is 15.9. The van der Waals surface area contributed by atoms with E-state index in [1.54, 1.807) is 37.4 Å². The highest BCUT2D eigenvalue weighted by Crippen LogP contribution is 2.31. The number of hydrogen-bond acceptors (Lipinski definition) is 4. The molecule has 0 saturated carbocycles. The lowest BCUT2D eigenvalue weighted by Crippen LogP contribution is -2.48. The van der Waals surface area contributed by atoms with Crippen LogP contribution in [0.4, 0.5) is 10.1 Å². The molecule has 1 N–H and O–H groups in total. The molecule has 1 aliphatic heterocycles. The highest BCUT2D eigenvalue weighted by molar-refractivity contribution is 5.98. The first-order valence-electron chi connectivity index (χ1n) is 9.06. The van der Waals surface area contributed by atoms with E-state index in [9.17, 15) is 9.18 Å². The average Bonchev–Trinajstić information content (AvgIpc) is 2.67. The minimum absolute atomic E-state index is 0.00612. The summed E-state index contributed by atoms with van der Waals surface area (Å²) in [5.74, 6) is 0.536. The van der Waals surface area contributed by atoms with Crippen molar-refractivity contribution in [3.05, 3.63) is 53.3 Å². The fourth-order valence-corrected chi connectivity index (χ4v) is 3.62. The number of benzene rings is 2. The van der Waals surface area contributed by atoms with Gasteiger partial charge in [0.15, 0.2) is 11.5 Å². The molecule has 0 aromatic heterocycles. The van der Waals surface area contributed by atoms with Crippen LogP contribution in [0.25, 0.3) is 0 Å². The molecule has 5 nitrogen and oxygen atoms in total. The minimum Gasteiger partial charge on any atom is -0.493 e. The SMILES string of the molecule is COc1cccc(C(=O)NC2CCCN(c3ccc(F)cc3C)C2)c1OC. The van der Waals surface area contributed by atoms with Crippen LogP contribution in [0.15, 0.2) is 36.4 Å². The van der Waals surface area contributed by atoms with Crippen molar-refractivity contribution in [2.45, 2.75) is 25.8 Å². The van der Waals surface area contributed by atoms with Crippen LogP contribution >= 0.6 is 0 Å². The van der Waals surface area contributed by atoms with Crippen molar-refractivity contribution in [3.8, 4) is 11.5 Å². The number of nitrogens with one attached hydrogen (secondary N) is 1. The normalized spacial score (nSPS) is 16.7. The molecule has 1 aliphatic rings. The fourth-order valence-electron chi connectivity index (χ4n) is 3.62. The van der Waals surface area contributed by atoms with Gasteiger partial charge >= 0.3 is 0 Å². The summed E-state index contributed by atoms with van der Waals surface area (Å²) in [5, 5.41) is 3.10. The van der Waals surface area contributed by atoms with E-state index in [1.165, 1.54) is 13.2 Å². The molecule has 6 heteroatoms. The maximum absolute atomic E-state index is 13.4. The topological polar surface area (TPSA) is 50.8 Å². The molecule has 144 valence electrons. The predicted molar refractivity (Wildman–Crippen MR) is 103 cm³/mol. The molecule has 1 saturated heterocycles. The Bertz CT molecular complexity index is 825. The van der Waals surface area contributed by atoms with Crippen LogP contribution in [0.2, 0.25) is 0 Å². The molecule has 2 aromatic rings. The van der Waals surface area contributed by atoms with Crippen molar-refractivity contribution < 1.29 is 18.7 Å². The number of hydrogen-bond donors (Lipinski definition) is 1. The van der Waals surface area contributed by atoms with Gasteiger partial charge in [0.25, 0.3) is 5.91 Å². The number of anilines is 1. The van der Waals surface area contributed by atoms with Gasteiger partial charge in [-0.25, -0.2) is 4.39 Å². The Balaban J connectivity index is 1.73. The third-order valence-corrected chi connectivity index (χ3v) is 4.90. The van der Waals surface area contributed by atoms with Gasteiger partial charge in [-0.3, -0.25) is 4.79 Å². The number of para-hydroxylation sites is 1. The third-order valence-electron chi connectivity index (χ3n) is 4.90. The van der Waals surface area contributed by atoms with Gasteiger partial charge in [-0.15, -0.1) is 0 Å². The number of carbonyl (C=O) groups is 1. The second kappa shape index (κ2) is 8.29. The van der Waals surface area contributed by atoms with E-state index in [1.807, 2.05) is 6.92 Å². The van der Waals surface area contributed by atoms with Gasteiger partial charge in [-0.1, -0.05) is 6.07 Å². The molecule has 0 spiro atoms. The van der Waals surface area contributed by atoms with Crippen LogP contribution in [0.5, 0.6) is 11.5 Å². The van der Waals surface area contributed by atoms with Crippen molar-refractivity contribution in [1.82, 2.24) is 5.32 Å². The summed E-state index contributed by atoms with van der Waals surface area (Å²) in [4.78, 5) is 15.0. The lowest BCUT2D eigenvalue weighted by molar-refractivity contribution is 0.0929. The highest BCUT2D eigenvalue weighted by Gasteiger charge is 2.25. The second-order valence-electron chi connectivity index (χ2n) is 6.73. The van der Waals surface area contributed by atoms with Gasteiger partial charge in [-0.05, 0) is 55.7 Å². The van der Waals surface area contributed by atoms with Gasteiger partial charge < -0.3 is 19.7 Å². The summed E-state index contributed by atoms with van der Waals surface area (Å²) in [6, 6.07) is 10.1. The predicted octanol–water partition coefficient (Wildman–Crippen LogP) is 3.55. The van der Waals surface area contributed by atoms with E-state index in [4.69, 9.17) is 9.47 Å². The summed E-state index contributed by atoms with van der Waals surface area (Å²) >= 11 is 0. The first-order chi connectivity index (χ1) is 13.0. The average molecular weight is 372 g/mol. The lowest BCUT2D eigenvalue weighted by Gasteiger charge is -2.35. The number of ether oxygens (including phenoxy) is 2. The van der Waals surface area contributed by atoms with Crippen LogP contribution in [0.1, 0.15) is 28.8 Å². The van der Waals surface area contributed by atoms with Gasteiger partial charge in [0.2, 0.25) is 0 Å². The van der Waals surface area contributed by atoms with E-state index in [-0.39, 0.29) is 17.8 Å². The molecular weight excluding hydrogens is 347 g/mol. The van der Waals surface area contributed by atoms with Crippen LogP contribution in [-0.4, -0.2) is 39.3 Å². The number of carbonyl (C=O) groups excluding carboxylic acids is 1. The van der Waals surface area contributed by atoms with Gasteiger partial charge in [-0.2, -0.15) is 0 Å².